The second-order valence-corrected chi connectivity index (χ2v) is 7.88. The molecule has 0 saturated carbocycles. The third-order valence-electron chi connectivity index (χ3n) is 5.04. The summed E-state index contributed by atoms with van der Waals surface area (Å²) in [6.07, 6.45) is 1.65. The van der Waals surface area contributed by atoms with Crippen molar-refractivity contribution in [2.75, 3.05) is 20.8 Å². The number of rotatable bonds is 8. The number of carbonyl (C=O) groups is 1. The van der Waals surface area contributed by atoms with Crippen LogP contribution in [0.5, 0.6) is 11.5 Å². The Labute approximate surface area is 184 Å². The molecule has 1 atom stereocenters. The first-order valence-electron chi connectivity index (χ1n) is 9.72. The highest BCUT2D eigenvalue weighted by molar-refractivity contribution is 7.10. The van der Waals surface area contributed by atoms with Crippen LogP contribution in [0, 0.1) is 0 Å². The zero-order valence-corrected chi connectivity index (χ0v) is 18.3. The predicted octanol–water partition coefficient (Wildman–Crippen LogP) is 4.32. The Bertz CT molecular complexity index is 1120. The summed E-state index contributed by atoms with van der Waals surface area (Å²) < 4.78 is 17.9. The van der Waals surface area contributed by atoms with E-state index in [1.807, 2.05) is 47.8 Å². The average molecular weight is 438 g/mol. The summed E-state index contributed by atoms with van der Waals surface area (Å²) in [5, 5.41) is 9.56. The van der Waals surface area contributed by atoms with Crippen molar-refractivity contribution in [1.82, 2.24) is 15.1 Å². The van der Waals surface area contributed by atoms with E-state index in [9.17, 15) is 4.79 Å². The van der Waals surface area contributed by atoms with Gasteiger partial charge in [-0.2, -0.15) is 5.10 Å². The van der Waals surface area contributed by atoms with Gasteiger partial charge in [0, 0.05) is 24.0 Å². The molecule has 1 unspecified atom stereocenters. The highest BCUT2D eigenvalue weighted by Gasteiger charge is 2.22. The van der Waals surface area contributed by atoms with Crippen LogP contribution in [0.15, 0.2) is 64.6 Å². The topological polar surface area (TPSA) is 78.5 Å². The minimum Gasteiger partial charge on any atom is -0.497 e. The molecule has 0 spiro atoms. The minimum absolute atomic E-state index is 0.0508. The Hall–Kier alpha value is -3.52. The number of nitrogens with one attached hydrogen (secondary N) is 1. The maximum absolute atomic E-state index is 13.0. The maximum atomic E-state index is 13.0. The quantitative estimate of drug-likeness (QED) is 0.444. The van der Waals surface area contributed by atoms with Crippen LogP contribution in [-0.2, 0) is 7.05 Å². The van der Waals surface area contributed by atoms with Gasteiger partial charge in [-0.3, -0.25) is 9.48 Å². The van der Waals surface area contributed by atoms with E-state index in [4.69, 9.17) is 13.9 Å². The lowest BCUT2D eigenvalue weighted by Gasteiger charge is -2.14. The third kappa shape index (κ3) is 4.34. The minimum atomic E-state index is -0.212. The van der Waals surface area contributed by atoms with Crippen molar-refractivity contribution in [3.63, 3.8) is 0 Å². The molecule has 0 aliphatic rings. The molecule has 0 aliphatic carbocycles. The molecular weight excluding hydrogens is 414 g/mol. The zero-order chi connectivity index (χ0) is 21.8. The SMILES string of the molecule is COc1ccc(OC)c(-c2cc(C(=O)NCC(c3ccco3)c3cccs3)n(C)n2)c1. The number of aromatic nitrogens is 2. The van der Waals surface area contributed by atoms with Gasteiger partial charge < -0.3 is 19.2 Å². The molecule has 160 valence electrons. The van der Waals surface area contributed by atoms with Crippen LogP contribution in [-0.4, -0.2) is 36.5 Å². The fraction of sp³-hybridized carbons (Fsp3) is 0.217. The van der Waals surface area contributed by atoms with Crippen molar-refractivity contribution >= 4 is 17.2 Å². The Morgan fingerprint density at radius 1 is 1.19 bits per heavy atom. The number of hydrogen-bond donors (Lipinski definition) is 1. The Morgan fingerprint density at radius 3 is 2.74 bits per heavy atom. The van der Waals surface area contributed by atoms with E-state index in [2.05, 4.69) is 10.4 Å². The van der Waals surface area contributed by atoms with Gasteiger partial charge >= 0.3 is 0 Å². The van der Waals surface area contributed by atoms with Crippen LogP contribution in [0.25, 0.3) is 11.3 Å². The van der Waals surface area contributed by atoms with E-state index >= 15 is 0 Å². The summed E-state index contributed by atoms with van der Waals surface area (Å²) in [4.78, 5) is 14.1. The summed E-state index contributed by atoms with van der Waals surface area (Å²) in [5.41, 5.74) is 1.83. The third-order valence-corrected chi connectivity index (χ3v) is 6.02. The summed E-state index contributed by atoms with van der Waals surface area (Å²) in [5.74, 6) is 1.89. The molecule has 1 N–H and O–H groups in total. The van der Waals surface area contributed by atoms with Crippen LogP contribution in [0.4, 0.5) is 0 Å². The molecule has 0 radical (unpaired) electrons. The first-order valence-corrected chi connectivity index (χ1v) is 10.6. The number of thiophene rings is 1. The number of ether oxygens (including phenoxy) is 2. The number of furan rings is 1. The smallest absolute Gasteiger partial charge is 0.269 e. The van der Waals surface area contributed by atoms with Crippen LogP contribution >= 0.6 is 11.3 Å². The van der Waals surface area contributed by atoms with Crippen molar-refractivity contribution in [2.45, 2.75) is 5.92 Å². The maximum Gasteiger partial charge on any atom is 0.269 e. The van der Waals surface area contributed by atoms with Crippen LogP contribution in [0.2, 0.25) is 0 Å². The Balaban J connectivity index is 1.56. The van der Waals surface area contributed by atoms with E-state index in [0.29, 0.717) is 29.4 Å². The normalized spacial score (nSPS) is 11.8. The van der Waals surface area contributed by atoms with Crippen molar-refractivity contribution in [1.29, 1.82) is 0 Å². The van der Waals surface area contributed by atoms with E-state index < -0.39 is 0 Å². The van der Waals surface area contributed by atoms with Gasteiger partial charge in [0.05, 0.1) is 32.1 Å². The number of hydrogen-bond acceptors (Lipinski definition) is 6. The van der Waals surface area contributed by atoms with Crippen LogP contribution < -0.4 is 14.8 Å². The number of aryl methyl sites for hydroxylation is 1. The zero-order valence-electron chi connectivity index (χ0n) is 17.5. The van der Waals surface area contributed by atoms with E-state index in [-0.39, 0.29) is 11.8 Å². The number of amides is 1. The van der Waals surface area contributed by atoms with Gasteiger partial charge in [0.2, 0.25) is 0 Å². The summed E-state index contributed by atoms with van der Waals surface area (Å²) in [6, 6.07) is 15.0. The van der Waals surface area contributed by atoms with Gasteiger partial charge in [0.1, 0.15) is 23.0 Å². The van der Waals surface area contributed by atoms with Crippen LogP contribution in [0.3, 0.4) is 0 Å². The lowest BCUT2D eigenvalue weighted by molar-refractivity contribution is 0.0942. The molecule has 31 heavy (non-hydrogen) atoms. The number of nitrogens with zero attached hydrogens (tertiary/aromatic N) is 2. The molecule has 1 amide bonds. The van der Waals surface area contributed by atoms with Gasteiger partial charge in [0.25, 0.3) is 5.91 Å². The molecule has 7 nitrogen and oxygen atoms in total. The average Bonchev–Trinajstić information content (AvgIpc) is 3.56. The largest absolute Gasteiger partial charge is 0.497 e. The highest BCUT2D eigenvalue weighted by atomic mass is 32.1. The van der Waals surface area contributed by atoms with Gasteiger partial charge in [-0.05, 0) is 47.8 Å². The van der Waals surface area contributed by atoms with Crippen molar-refractivity contribution < 1.29 is 18.7 Å². The number of carbonyl (C=O) groups excluding carboxylic acids is 1. The Morgan fingerprint density at radius 2 is 2.06 bits per heavy atom. The number of methoxy groups -OCH3 is 2. The molecular formula is C23H23N3O4S. The first kappa shape index (κ1) is 20.7. The lowest BCUT2D eigenvalue weighted by atomic mass is 10.0. The van der Waals surface area contributed by atoms with Crippen LogP contribution in [0.1, 0.15) is 27.0 Å². The summed E-state index contributed by atoms with van der Waals surface area (Å²) >= 11 is 1.63. The van der Waals surface area contributed by atoms with Crippen molar-refractivity contribution in [2.24, 2.45) is 7.05 Å². The van der Waals surface area contributed by atoms with Crippen molar-refractivity contribution in [3.05, 3.63) is 76.5 Å². The molecule has 0 aliphatic heterocycles. The monoisotopic (exact) mass is 437 g/mol. The first-order chi connectivity index (χ1) is 15.1. The molecule has 3 aromatic heterocycles. The second-order valence-electron chi connectivity index (χ2n) is 6.90. The van der Waals surface area contributed by atoms with E-state index in [0.717, 1.165) is 16.2 Å². The molecule has 0 fully saturated rings. The van der Waals surface area contributed by atoms with Gasteiger partial charge in [-0.15, -0.1) is 11.3 Å². The van der Waals surface area contributed by atoms with Gasteiger partial charge in [-0.25, -0.2) is 0 Å². The molecule has 8 heteroatoms. The standard InChI is InChI=1S/C23H23N3O4S/c1-26-19(13-18(25-26)16-12-15(28-2)8-9-20(16)29-3)23(27)24-14-17(21-6-4-10-30-21)22-7-5-11-31-22/h4-13,17H,14H2,1-3H3,(H,24,27). The van der Waals surface area contributed by atoms with E-state index in [1.54, 1.807) is 49.6 Å². The molecule has 3 heterocycles. The highest BCUT2D eigenvalue weighted by Crippen LogP contribution is 2.33. The number of benzene rings is 1. The fourth-order valence-electron chi connectivity index (χ4n) is 3.43. The molecule has 0 saturated heterocycles. The molecule has 0 bridgehead atoms. The van der Waals surface area contributed by atoms with Gasteiger partial charge in [0.15, 0.2) is 0 Å². The van der Waals surface area contributed by atoms with Gasteiger partial charge in [-0.1, -0.05) is 6.07 Å². The molecule has 4 aromatic rings. The fourth-order valence-corrected chi connectivity index (χ4v) is 4.27. The second kappa shape index (κ2) is 9.09. The lowest BCUT2D eigenvalue weighted by Crippen LogP contribution is -2.30. The molecule has 1 aromatic carbocycles. The Kier molecular flexibility index (Phi) is 6.08. The molecule has 4 rings (SSSR count). The van der Waals surface area contributed by atoms with Crippen molar-refractivity contribution in [3.8, 4) is 22.8 Å². The van der Waals surface area contributed by atoms with E-state index in [1.165, 1.54) is 0 Å². The summed E-state index contributed by atoms with van der Waals surface area (Å²) in [6.45, 7) is 0.413. The summed E-state index contributed by atoms with van der Waals surface area (Å²) in [7, 11) is 4.95. The predicted molar refractivity (Wildman–Crippen MR) is 119 cm³/mol.